The van der Waals surface area contributed by atoms with Crippen LogP contribution in [0.25, 0.3) is 0 Å². The van der Waals surface area contributed by atoms with Crippen molar-refractivity contribution in [1.29, 1.82) is 5.26 Å². The van der Waals surface area contributed by atoms with Crippen molar-refractivity contribution in [2.24, 2.45) is 5.73 Å². The predicted octanol–water partition coefficient (Wildman–Crippen LogP) is 1.17. The van der Waals surface area contributed by atoms with E-state index in [-0.39, 0.29) is 6.54 Å². The summed E-state index contributed by atoms with van der Waals surface area (Å²) in [6.07, 6.45) is -0.678. The number of hydrogen-bond acceptors (Lipinski definition) is 3. The first-order chi connectivity index (χ1) is 6.60. The lowest BCUT2D eigenvalue weighted by Crippen LogP contribution is -2.13. The summed E-state index contributed by atoms with van der Waals surface area (Å²) in [5.74, 6) is 0. The zero-order valence-corrected chi connectivity index (χ0v) is 8.41. The molecule has 0 aromatic heterocycles. The quantitative estimate of drug-likeness (QED) is 0.735. The van der Waals surface area contributed by atoms with Crippen molar-refractivity contribution in [3.05, 3.63) is 34.4 Å². The minimum atomic E-state index is -0.678. The highest BCUT2D eigenvalue weighted by Gasteiger charge is 2.10. The number of nitriles is 1. The summed E-state index contributed by atoms with van der Waals surface area (Å²) < 4.78 is 0. The van der Waals surface area contributed by atoms with Crippen LogP contribution >= 0.6 is 0 Å². The molecule has 0 aliphatic carbocycles. The van der Waals surface area contributed by atoms with Crippen molar-refractivity contribution in [2.45, 2.75) is 20.0 Å². The van der Waals surface area contributed by atoms with Gasteiger partial charge in [-0.15, -0.1) is 0 Å². The average Bonchev–Trinajstić information content (AvgIpc) is 2.17. The van der Waals surface area contributed by atoms with Crippen LogP contribution in [0.15, 0.2) is 12.1 Å². The molecule has 0 aliphatic rings. The van der Waals surface area contributed by atoms with Crippen molar-refractivity contribution in [2.75, 3.05) is 6.54 Å². The molecular formula is C11H14N2O. The van der Waals surface area contributed by atoms with Gasteiger partial charge in [0.05, 0.1) is 17.7 Å². The Labute approximate surface area is 83.8 Å². The Hall–Kier alpha value is -1.37. The fourth-order valence-electron chi connectivity index (χ4n) is 1.48. The number of aliphatic hydroxyl groups is 1. The van der Waals surface area contributed by atoms with Gasteiger partial charge >= 0.3 is 0 Å². The molecule has 0 radical (unpaired) electrons. The molecule has 1 unspecified atom stereocenters. The summed E-state index contributed by atoms with van der Waals surface area (Å²) in [5.41, 5.74) is 8.61. The van der Waals surface area contributed by atoms with Crippen LogP contribution in [0.5, 0.6) is 0 Å². The van der Waals surface area contributed by atoms with Gasteiger partial charge < -0.3 is 10.8 Å². The van der Waals surface area contributed by atoms with E-state index in [4.69, 9.17) is 11.0 Å². The van der Waals surface area contributed by atoms with Gasteiger partial charge in [-0.25, -0.2) is 0 Å². The number of nitrogens with two attached hydrogens (primary N) is 1. The lowest BCUT2D eigenvalue weighted by atomic mass is 9.97. The van der Waals surface area contributed by atoms with Crippen LogP contribution < -0.4 is 5.73 Å². The van der Waals surface area contributed by atoms with Crippen LogP contribution in [-0.4, -0.2) is 11.7 Å². The molecular weight excluding hydrogens is 176 g/mol. The third-order valence-corrected chi connectivity index (χ3v) is 2.32. The van der Waals surface area contributed by atoms with Gasteiger partial charge in [0.15, 0.2) is 0 Å². The Kier molecular flexibility index (Phi) is 3.23. The Balaban J connectivity index is 3.26. The van der Waals surface area contributed by atoms with E-state index in [0.717, 1.165) is 16.7 Å². The number of nitrogens with zero attached hydrogens (tertiary/aromatic N) is 1. The van der Waals surface area contributed by atoms with Gasteiger partial charge in [-0.3, -0.25) is 0 Å². The van der Waals surface area contributed by atoms with Gasteiger partial charge in [-0.2, -0.15) is 5.26 Å². The van der Waals surface area contributed by atoms with Gasteiger partial charge in [0.2, 0.25) is 0 Å². The van der Waals surface area contributed by atoms with Crippen molar-refractivity contribution in [3.8, 4) is 6.07 Å². The first-order valence-corrected chi connectivity index (χ1v) is 4.49. The number of aryl methyl sites for hydroxylation is 2. The molecule has 0 saturated carbocycles. The average molecular weight is 190 g/mol. The highest BCUT2D eigenvalue weighted by atomic mass is 16.3. The summed E-state index contributed by atoms with van der Waals surface area (Å²) in [6, 6.07) is 5.70. The van der Waals surface area contributed by atoms with E-state index in [0.29, 0.717) is 5.56 Å². The zero-order valence-electron chi connectivity index (χ0n) is 8.41. The normalized spacial score (nSPS) is 12.2. The van der Waals surface area contributed by atoms with Gasteiger partial charge in [-0.1, -0.05) is 6.07 Å². The molecule has 3 N–H and O–H groups in total. The Morgan fingerprint density at radius 1 is 1.43 bits per heavy atom. The monoisotopic (exact) mass is 190 g/mol. The summed E-state index contributed by atoms with van der Waals surface area (Å²) in [4.78, 5) is 0. The molecule has 1 atom stereocenters. The second-order valence-electron chi connectivity index (χ2n) is 3.39. The van der Waals surface area contributed by atoms with Crippen LogP contribution in [-0.2, 0) is 0 Å². The van der Waals surface area contributed by atoms with Crippen LogP contribution in [0.3, 0.4) is 0 Å². The largest absolute Gasteiger partial charge is 0.387 e. The molecule has 0 fully saturated rings. The minimum Gasteiger partial charge on any atom is -0.387 e. The number of benzene rings is 1. The minimum absolute atomic E-state index is 0.175. The lowest BCUT2D eigenvalue weighted by Gasteiger charge is -2.13. The molecule has 14 heavy (non-hydrogen) atoms. The van der Waals surface area contributed by atoms with E-state index in [2.05, 4.69) is 6.07 Å². The molecule has 1 aromatic rings. The molecule has 3 nitrogen and oxygen atoms in total. The van der Waals surface area contributed by atoms with Crippen LogP contribution in [0, 0.1) is 25.2 Å². The maximum atomic E-state index is 9.59. The second-order valence-corrected chi connectivity index (χ2v) is 3.39. The topological polar surface area (TPSA) is 70.0 Å². The van der Waals surface area contributed by atoms with Gasteiger partial charge in [-0.05, 0) is 36.6 Å². The maximum absolute atomic E-state index is 9.59. The predicted molar refractivity (Wildman–Crippen MR) is 54.6 cm³/mol. The first kappa shape index (κ1) is 10.7. The third kappa shape index (κ3) is 1.92. The van der Waals surface area contributed by atoms with E-state index in [1.54, 1.807) is 6.07 Å². The van der Waals surface area contributed by atoms with Crippen molar-refractivity contribution >= 4 is 0 Å². The van der Waals surface area contributed by atoms with Gasteiger partial charge in [0.25, 0.3) is 0 Å². The van der Waals surface area contributed by atoms with Crippen LogP contribution in [0.4, 0.5) is 0 Å². The van der Waals surface area contributed by atoms with Gasteiger partial charge in [0, 0.05) is 6.54 Å². The molecule has 0 saturated heterocycles. The molecule has 0 amide bonds. The van der Waals surface area contributed by atoms with E-state index >= 15 is 0 Å². The lowest BCUT2D eigenvalue weighted by molar-refractivity contribution is 0.186. The molecule has 0 aliphatic heterocycles. The van der Waals surface area contributed by atoms with Crippen LogP contribution in [0.1, 0.15) is 28.4 Å². The first-order valence-electron chi connectivity index (χ1n) is 4.49. The Bertz CT molecular complexity index is 380. The van der Waals surface area contributed by atoms with E-state index in [9.17, 15) is 5.11 Å². The molecule has 0 spiro atoms. The van der Waals surface area contributed by atoms with E-state index in [1.165, 1.54) is 0 Å². The van der Waals surface area contributed by atoms with Crippen molar-refractivity contribution in [1.82, 2.24) is 0 Å². The van der Waals surface area contributed by atoms with Crippen molar-refractivity contribution < 1.29 is 5.11 Å². The molecule has 74 valence electrons. The smallest absolute Gasteiger partial charge is 0.0994 e. The fraction of sp³-hybridized carbons (Fsp3) is 0.364. The number of aliphatic hydroxyl groups excluding tert-OH is 1. The summed E-state index contributed by atoms with van der Waals surface area (Å²) in [6.45, 7) is 3.96. The van der Waals surface area contributed by atoms with Crippen molar-refractivity contribution in [3.63, 3.8) is 0 Å². The Morgan fingerprint density at radius 2 is 2.07 bits per heavy atom. The summed E-state index contributed by atoms with van der Waals surface area (Å²) in [7, 11) is 0. The van der Waals surface area contributed by atoms with Crippen LogP contribution in [0.2, 0.25) is 0 Å². The zero-order chi connectivity index (χ0) is 10.7. The maximum Gasteiger partial charge on any atom is 0.0994 e. The SMILES string of the molecule is Cc1cc(C)c(C(O)CN)cc1C#N. The fourth-order valence-corrected chi connectivity index (χ4v) is 1.48. The standard InChI is InChI=1S/C11H14N2O/c1-7-3-8(2)10(11(14)6-13)4-9(7)5-12/h3-4,11,14H,6,13H2,1-2H3. The molecule has 3 heteroatoms. The summed E-state index contributed by atoms with van der Waals surface area (Å²) >= 11 is 0. The summed E-state index contributed by atoms with van der Waals surface area (Å²) in [5, 5.41) is 18.4. The van der Waals surface area contributed by atoms with E-state index in [1.807, 2.05) is 19.9 Å². The van der Waals surface area contributed by atoms with E-state index < -0.39 is 6.10 Å². The molecule has 1 aromatic carbocycles. The number of rotatable bonds is 2. The Morgan fingerprint density at radius 3 is 2.57 bits per heavy atom. The number of hydrogen-bond donors (Lipinski definition) is 2. The molecule has 1 rings (SSSR count). The molecule has 0 heterocycles. The molecule has 0 bridgehead atoms. The second kappa shape index (κ2) is 4.23. The van der Waals surface area contributed by atoms with Gasteiger partial charge in [0.1, 0.15) is 0 Å². The third-order valence-electron chi connectivity index (χ3n) is 2.32. The highest BCUT2D eigenvalue weighted by Crippen LogP contribution is 2.20. The highest BCUT2D eigenvalue weighted by molar-refractivity contribution is 5.44.